The van der Waals surface area contributed by atoms with Crippen molar-refractivity contribution in [3.05, 3.63) is 75.5 Å². The van der Waals surface area contributed by atoms with E-state index < -0.39 is 0 Å². The van der Waals surface area contributed by atoms with Crippen LogP contribution in [0.5, 0.6) is 0 Å². The molecule has 1 fully saturated rings. The molecule has 0 atom stereocenters. The first kappa shape index (κ1) is 24.8. The van der Waals surface area contributed by atoms with Gasteiger partial charge in [0.25, 0.3) is 5.91 Å². The summed E-state index contributed by atoms with van der Waals surface area (Å²) in [5.41, 5.74) is 2.80. The van der Waals surface area contributed by atoms with Gasteiger partial charge in [-0.3, -0.25) is 4.79 Å². The second-order valence-electron chi connectivity index (χ2n) is 9.41. The van der Waals surface area contributed by atoms with Crippen LogP contribution in [0.3, 0.4) is 0 Å². The number of aryl methyl sites for hydroxylation is 2. The Hall–Kier alpha value is -2.34. The highest BCUT2D eigenvalue weighted by Gasteiger charge is 2.37. The molecule has 1 heterocycles. The number of nitrogens with one attached hydrogen (secondary N) is 1. The SMILES string of the molecule is Cc1onc(-c2c(Cl)cccc2Cl)c1C(=O)NC1CCC(CCc2ccccc2)(N(C)C)CC1. The third kappa shape index (κ3) is 5.17. The molecule has 180 valence electrons. The molecule has 0 aliphatic heterocycles. The number of halogens is 2. The van der Waals surface area contributed by atoms with Gasteiger partial charge < -0.3 is 14.7 Å². The Kier molecular flexibility index (Phi) is 7.66. The molecule has 0 spiro atoms. The first-order chi connectivity index (χ1) is 16.3. The number of aromatic nitrogens is 1. The average Bonchev–Trinajstić information content (AvgIpc) is 3.20. The summed E-state index contributed by atoms with van der Waals surface area (Å²) in [7, 11) is 4.34. The van der Waals surface area contributed by atoms with Crippen LogP contribution in [-0.4, -0.2) is 41.6 Å². The number of rotatable bonds is 7. The van der Waals surface area contributed by atoms with Crippen LogP contribution in [0.1, 0.15) is 53.8 Å². The standard InChI is InChI=1S/C27H31Cl2N3O2/c1-18-23(25(31-34-18)24-21(28)10-7-11-22(24)29)26(33)30-20-13-16-27(17-14-20,32(2)3)15-12-19-8-5-4-6-9-19/h4-11,20H,12-17H2,1-3H3,(H,30,33). The molecule has 1 saturated carbocycles. The van der Waals surface area contributed by atoms with E-state index in [1.165, 1.54) is 5.56 Å². The number of hydrogen-bond donors (Lipinski definition) is 1. The van der Waals surface area contributed by atoms with Crippen molar-refractivity contribution in [1.82, 2.24) is 15.4 Å². The van der Waals surface area contributed by atoms with Crippen molar-refractivity contribution in [2.75, 3.05) is 14.1 Å². The second-order valence-corrected chi connectivity index (χ2v) is 10.2. The van der Waals surface area contributed by atoms with Crippen LogP contribution in [0.25, 0.3) is 11.3 Å². The van der Waals surface area contributed by atoms with E-state index >= 15 is 0 Å². The van der Waals surface area contributed by atoms with Crippen LogP contribution in [0.15, 0.2) is 53.1 Å². The predicted molar refractivity (Wildman–Crippen MR) is 138 cm³/mol. The van der Waals surface area contributed by atoms with Gasteiger partial charge in [-0.25, -0.2) is 0 Å². The Balaban J connectivity index is 1.44. The van der Waals surface area contributed by atoms with Gasteiger partial charge in [-0.05, 0) is 77.2 Å². The Morgan fingerprint density at radius 1 is 1.09 bits per heavy atom. The number of benzene rings is 2. The minimum Gasteiger partial charge on any atom is -0.360 e. The van der Waals surface area contributed by atoms with Gasteiger partial charge in [0.1, 0.15) is 17.0 Å². The Morgan fingerprint density at radius 3 is 2.35 bits per heavy atom. The number of carbonyl (C=O) groups excluding carboxylic acids is 1. The predicted octanol–water partition coefficient (Wildman–Crippen LogP) is 6.56. The summed E-state index contributed by atoms with van der Waals surface area (Å²) in [5.74, 6) is 0.251. The van der Waals surface area contributed by atoms with E-state index in [0.717, 1.165) is 38.5 Å². The van der Waals surface area contributed by atoms with Crippen molar-refractivity contribution in [2.24, 2.45) is 0 Å². The van der Waals surface area contributed by atoms with Gasteiger partial charge in [0.05, 0.1) is 10.0 Å². The topological polar surface area (TPSA) is 58.4 Å². The van der Waals surface area contributed by atoms with Gasteiger partial charge in [-0.15, -0.1) is 0 Å². The van der Waals surface area contributed by atoms with Gasteiger partial charge >= 0.3 is 0 Å². The second kappa shape index (κ2) is 10.5. The maximum absolute atomic E-state index is 13.3. The molecule has 0 radical (unpaired) electrons. The summed E-state index contributed by atoms with van der Waals surface area (Å²) < 4.78 is 5.37. The molecule has 1 N–H and O–H groups in total. The van der Waals surface area contributed by atoms with Crippen LogP contribution >= 0.6 is 23.2 Å². The first-order valence-corrected chi connectivity index (χ1v) is 12.5. The van der Waals surface area contributed by atoms with Crippen molar-refractivity contribution < 1.29 is 9.32 Å². The lowest BCUT2D eigenvalue weighted by molar-refractivity contribution is 0.0717. The van der Waals surface area contributed by atoms with Gasteiger partial charge in [-0.2, -0.15) is 0 Å². The van der Waals surface area contributed by atoms with Gasteiger partial charge in [-0.1, -0.05) is 64.8 Å². The van der Waals surface area contributed by atoms with Gasteiger partial charge in [0.2, 0.25) is 0 Å². The maximum atomic E-state index is 13.3. The lowest BCUT2D eigenvalue weighted by atomic mass is 9.75. The fraction of sp³-hybridized carbons (Fsp3) is 0.407. The van der Waals surface area contributed by atoms with Crippen LogP contribution in [0.2, 0.25) is 10.0 Å². The van der Waals surface area contributed by atoms with Crippen molar-refractivity contribution in [2.45, 2.75) is 57.0 Å². The Bertz CT molecular complexity index is 1120. The summed E-state index contributed by atoms with van der Waals surface area (Å²) in [6, 6.07) is 16.0. The number of amides is 1. The van der Waals surface area contributed by atoms with E-state index in [0.29, 0.717) is 32.6 Å². The fourth-order valence-corrected chi connectivity index (χ4v) is 5.61. The van der Waals surface area contributed by atoms with Gasteiger partial charge in [0, 0.05) is 17.1 Å². The lowest BCUT2D eigenvalue weighted by Gasteiger charge is -2.45. The summed E-state index contributed by atoms with van der Waals surface area (Å²) >= 11 is 12.7. The van der Waals surface area contributed by atoms with Crippen LogP contribution in [-0.2, 0) is 6.42 Å². The Labute approximate surface area is 211 Å². The lowest BCUT2D eigenvalue weighted by Crippen LogP contribution is -2.51. The largest absolute Gasteiger partial charge is 0.360 e. The molecule has 1 aliphatic carbocycles. The third-order valence-electron chi connectivity index (χ3n) is 7.21. The fourth-order valence-electron chi connectivity index (χ4n) is 5.03. The zero-order chi connectivity index (χ0) is 24.3. The summed E-state index contributed by atoms with van der Waals surface area (Å²) in [6.45, 7) is 1.73. The minimum atomic E-state index is -0.198. The quantitative estimate of drug-likeness (QED) is 0.399. The third-order valence-corrected chi connectivity index (χ3v) is 7.84. The van der Waals surface area contributed by atoms with E-state index in [9.17, 15) is 4.79 Å². The van der Waals surface area contributed by atoms with E-state index in [2.05, 4.69) is 59.8 Å². The smallest absolute Gasteiger partial charge is 0.257 e. The van der Waals surface area contributed by atoms with Crippen molar-refractivity contribution >= 4 is 29.1 Å². The summed E-state index contributed by atoms with van der Waals surface area (Å²) in [5, 5.41) is 8.19. The number of nitrogens with zero attached hydrogens (tertiary/aromatic N) is 2. The summed E-state index contributed by atoms with van der Waals surface area (Å²) in [4.78, 5) is 15.7. The maximum Gasteiger partial charge on any atom is 0.257 e. The number of hydrogen-bond acceptors (Lipinski definition) is 4. The molecule has 34 heavy (non-hydrogen) atoms. The molecule has 7 heteroatoms. The molecule has 1 aliphatic rings. The first-order valence-electron chi connectivity index (χ1n) is 11.7. The molecular formula is C27H31Cl2N3O2. The normalized spacial score (nSPS) is 20.5. The zero-order valence-corrected chi connectivity index (χ0v) is 21.4. The molecule has 0 bridgehead atoms. The Morgan fingerprint density at radius 2 is 1.74 bits per heavy atom. The molecule has 1 amide bonds. The average molecular weight is 500 g/mol. The highest BCUT2D eigenvalue weighted by atomic mass is 35.5. The highest BCUT2D eigenvalue weighted by molar-refractivity contribution is 6.39. The van der Waals surface area contributed by atoms with E-state index in [1.807, 2.05) is 0 Å². The van der Waals surface area contributed by atoms with Crippen LogP contribution < -0.4 is 5.32 Å². The molecule has 4 rings (SSSR count). The highest BCUT2D eigenvalue weighted by Crippen LogP contribution is 2.38. The van der Waals surface area contributed by atoms with E-state index in [1.54, 1.807) is 25.1 Å². The molecule has 5 nitrogen and oxygen atoms in total. The monoisotopic (exact) mass is 499 g/mol. The molecule has 0 unspecified atom stereocenters. The van der Waals surface area contributed by atoms with Crippen LogP contribution in [0.4, 0.5) is 0 Å². The van der Waals surface area contributed by atoms with E-state index in [4.69, 9.17) is 27.7 Å². The van der Waals surface area contributed by atoms with Crippen molar-refractivity contribution in [3.8, 4) is 11.3 Å². The zero-order valence-electron chi connectivity index (χ0n) is 19.9. The van der Waals surface area contributed by atoms with Gasteiger partial charge in [0.15, 0.2) is 0 Å². The van der Waals surface area contributed by atoms with Crippen LogP contribution in [0, 0.1) is 6.92 Å². The molecule has 3 aromatic rings. The minimum absolute atomic E-state index is 0.0983. The molecule has 0 saturated heterocycles. The molecular weight excluding hydrogens is 469 g/mol. The number of carbonyl (C=O) groups is 1. The molecule has 2 aromatic carbocycles. The summed E-state index contributed by atoms with van der Waals surface area (Å²) in [6.07, 6.45) is 6.06. The van der Waals surface area contributed by atoms with Crippen molar-refractivity contribution in [1.29, 1.82) is 0 Å². The van der Waals surface area contributed by atoms with Crippen molar-refractivity contribution in [3.63, 3.8) is 0 Å². The molecule has 1 aromatic heterocycles. The van der Waals surface area contributed by atoms with E-state index in [-0.39, 0.29) is 17.5 Å².